The molecule has 0 spiro atoms. The molecule has 0 radical (unpaired) electrons. The second kappa shape index (κ2) is 8.09. The maximum Gasteiger partial charge on any atom is 0.408 e. The Labute approximate surface area is 158 Å². The zero-order valence-corrected chi connectivity index (χ0v) is 16.0. The minimum Gasteiger partial charge on any atom is -0.444 e. The molecule has 26 heavy (non-hydrogen) atoms. The van der Waals surface area contributed by atoms with E-state index in [2.05, 4.69) is 26.2 Å². The first-order valence-electron chi connectivity index (χ1n) is 7.81. The highest BCUT2D eigenvalue weighted by molar-refractivity contribution is 9.10. The summed E-state index contributed by atoms with van der Waals surface area (Å²) in [5.74, 6) is -1.44. The zero-order valence-electron chi connectivity index (χ0n) is 14.5. The predicted octanol–water partition coefficient (Wildman–Crippen LogP) is 4.42. The van der Waals surface area contributed by atoms with Gasteiger partial charge in [-0.05, 0) is 60.5 Å². The van der Waals surface area contributed by atoms with Crippen LogP contribution in [-0.2, 0) is 4.74 Å². The van der Waals surface area contributed by atoms with Gasteiger partial charge in [-0.15, -0.1) is 0 Å². The predicted molar refractivity (Wildman–Crippen MR) is 95.4 cm³/mol. The zero-order chi connectivity index (χ0) is 19.5. The van der Waals surface area contributed by atoms with Crippen molar-refractivity contribution in [2.45, 2.75) is 38.5 Å². The number of hydrogen-bond acceptors (Lipinski definition) is 4. The van der Waals surface area contributed by atoms with E-state index in [0.717, 1.165) is 6.07 Å². The number of aliphatic hydroxyl groups is 1. The summed E-state index contributed by atoms with van der Waals surface area (Å²) in [4.78, 5) is 15.8. The standard InChI is InChI=1S/C18H19BrF2N2O3/c1-18(2,3)26-17(25)23-14(13-8-11(19)9-22-16(13)21)15(24)10-5-4-6-12(20)7-10/h4-9,14-15,24H,1-3H3,(H,23,25)/t14-,15-/m1/s1. The number of aliphatic hydroxyl groups excluding tert-OH is 1. The number of hydrogen-bond donors (Lipinski definition) is 2. The molecule has 5 nitrogen and oxygen atoms in total. The van der Waals surface area contributed by atoms with Crippen molar-refractivity contribution in [2.24, 2.45) is 0 Å². The van der Waals surface area contributed by atoms with Gasteiger partial charge in [0.05, 0.1) is 6.04 Å². The SMILES string of the molecule is CC(C)(C)OC(=O)N[C@H](c1cc(Br)cnc1F)[C@H](O)c1cccc(F)c1. The first kappa shape index (κ1) is 20.3. The van der Waals surface area contributed by atoms with Gasteiger partial charge in [-0.25, -0.2) is 14.2 Å². The van der Waals surface area contributed by atoms with Crippen LogP contribution in [0.2, 0.25) is 0 Å². The van der Waals surface area contributed by atoms with E-state index in [-0.39, 0.29) is 11.1 Å². The molecule has 0 aliphatic carbocycles. The van der Waals surface area contributed by atoms with Gasteiger partial charge in [0, 0.05) is 16.2 Å². The van der Waals surface area contributed by atoms with Gasteiger partial charge >= 0.3 is 6.09 Å². The van der Waals surface area contributed by atoms with Crippen molar-refractivity contribution in [1.29, 1.82) is 0 Å². The number of rotatable bonds is 4. The van der Waals surface area contributed by atoms with Crippen LogP contribution < -0.4 is 5.32 Å². The molecule has 1 heterocycles. The van der Waals surface area contributed by atoms with Crippen molar-refractivity contribution in [2.75, 3.05) is 0 Å². The Bertz CT molecular complexity index is 796. The summed E-state index contributed by atoms with van der Waals surface area (Å²) >= 11 is 3.18. The molecule has 2 atom stereocenters. The monoisotopic (exact) mass is 428 g/mol. The second-order valence-electron chi connectivity index (χ2n) is 6.66. The van der Waals surface area contributed by atoms with Gasteiger partial charge in [-0.3, -0.25) is 0 Å². The number of carbonyl (C=O) groups excluding carboxylic acids is 1. The number of nitrogens with zero attached hydrogens (tertiary/aromatic N) is 1. The van der Waals surface area contributed by atoms with E-state index in [1.165, 1.54) is 30.5 Å². The number of ether oxygens (including phenoxy) is 1. The van der Waals surface area contributed by atoms with Gasteiger partial charge in [-0.2, -0.15) is 4.39 Å². The molecule has 0 aliphatic rings. The number of pyridine rings is 1. The lowest BCUT2D eigenvalue weighted by molar-refractivity contribution is 0.0415. The largest absolute Gasteiger partial charge is 0.444 e. The van der Waals surface area contributed by atoms with Crippen LogP contribution in [0, 0.1) is 11.8 Å². The molecule has 140 valence electrons. The van der Waals surface area contributed by atoms with E-state index in [0.29, 0.717) is 4.47 Å². The average molecular weight is 429 g/mol. The van der Waals surface area contributed by atoms with E-state index in [1.807, 2.05) is 0 Å². The molecule has 0 aliphatic heterocycles. The summed E-state index contributed by atoms with van der Waals surface area (Å²) in [5, 5.41) is 13.1. The normalized spacial score (nSPS) is 13.8. The first-order valence-corrected chi connectivity index (χ1v) is 8.60. The summed E-state index contributed by atoms with van der Waals surface area (Å²) in [6, 6.07) is 5.35. The third-order valence-corrected chi connectivity index (χ3v) is 3.78. The van der Waals surface area contributed by atoms with Crippen molar-refractivity contribution >= 4 is 22.0 Å². The molecule has 0 saturated carbocycles. The number of amides is 1. The minimum atomic E-state index is -1.43. The maximum atomic E-state index is 14.3. The van der Waals surface area contributed by atoms with Gasteiger partial charge in [0.25, 0.3) is 0 Å². The van der Waals surface area contributed by atoms with Gasteiger partial charge in [0.1, 0.15) is 17.5 Å². The van der Waals surface area contributed by atoms with E-state index in [4.69, 9.17) is 4.74 Å². The lowest BCUT2D eigenvalue weighted by atomic mass is 9.96. The van der Waals surface area contributed by atoms with Gasteiger partial charge in [-0.1, -0.05) is 12.1 Å². The van der Waals surface area contributed by atoms with Crippen molar-refractivity contribution in [1.82, 2.24) is 10.3 Å². The highest BCUT2D eigenvalue weighted by atomic mass is 79.9. The van der Waals surface area contributed by atoms with Crippen molar-refractivity contribution in [3.8, 4) is 0 Å². The number of halogens is 3. The Morgan fingerprint density at radius 1 is 1.31 bits per heavy atom. The second-order valence-corrected chi connectivity index (χ2v) is 7.57. The molecular weight excluding hydrogens is 410 g/mol. The van der Waals surface area contributed by atoms with Gasteiger partial charge < -0.3 is 15.2 Å². The molecule has 1 aromatic heterocycles. The van der Waals surface area contributed by atoms with Gasteiger partial charge in [0.15, 0.2) is 0 Å². The number of nitrogens with one attached hydrogen (secondary N) is 1. The lowest BCUT2D eigenvalue weighted by Gasteiger charge is -2.27. The van der Waals surface area contributed by atoms with Crippen molar-refractivity contribution in [3.05, 3.63) is 63.9 Å². The highest BCUT2D eigenvalue weighted by Gasteiger charge is 2.30. The van der Waals surface area contributed by atoms with Crippen LogP contribution in [-0.4, -0.2) is 21.8 Å². The van der Waals surface area contributed by atoms with E-state index < -0.39 is 35.6 Å². The molecule has 8 heteroatoms. The molecule has 0 saturated heterocycles. The first-order chi connectivity index (χ1) is 12.1. The molecule has 0 bridgehead atoms. The Morgan fingerprint density at radius 3 is 2.62 bits per heavy atom. The Balaban J connectivity index is 2.41. The quantitative estimate of drug-likeness (QED) is 0.706. The summed E-state index contributed by atoms with van der Waals surface area (Å²) in [6.07, 6.45) is -1.03. The van der Waals surface area contributed by atoms with E-state index >= 15 is 0 Å². The van der Waals surface area contributed by atoms with Crippen LogP contribution in [0.1, 0.15) is 44.0 Å². The number of benzene rings is 1. The molecular formula is C18H19BrF2N2O3. The summed E-state index contributed by atoms with van der Waals surface area (Å²) in [7, 11) is 0. The van der Waals surface area contributed by atoms with Crippen molar-refractivity contribution < 1.29 is 23.4 Å². The Kier molecular flexibility index (Phi) is 6.30. The molecule has 0 fully saturated rings. The molecule has 2 aromatic rings. The number of carbonyl (C=O) groups is 1. The Hall–Kier alpha value is -2.06. The maximum absolute atomic E-state index is 14.3. The minimum absolute atomic E-state index is 0.0676. The molecule has 0 unspecified atom stereocenters. The van der Waals surface area contributed by atoms with E-state index in [1.54, 1.807) is 20.8 Å². The van der Waals surface area contributed by atoms with Crippen LogP contribution in [0.3, 0.4) is 0 Å². The van der Waals surface area contributed by atoms with Crippen molar-refractivity contribution in [3.63, 3.8) is 0 Å². The smallest absolute Gasteiger partial charge is 0.408 e. The van der Waals surface area contributed by atoms with Crippen LogP contribution in [0.5, 0.6) is 0 Å². The molecule has 1 amide bonds. The third-order valence-electron chi connectivity index (χ3n) is 3.35. The molecule has 2 N–H and O–H groups in total. The fraction of sp³-hybridized carbons (Fsp3) is 0.333. The topological polar surface area (TPSA) is 71.5 Å². The Morgan fingerprint density at radius 2 is 2.00 bits per heavy atom. The fourth-order valence-electron chi connectivity index (χ4n) is 2.30. The number of aromatic nitrogens is 1. The average Bonchev–Trinajstić information content (AvgIpc) is 2.53. The van der Waals surface area contributed by atoms with Crippen LogP contribution >= 0.6 is 15.9 Å². The molecule has 2 rings (SSSR count). The fourth-order valence-corrected chi connectivity index (χ4v) is 2.65. The number of alkyl carbamates (subject to hydrolysis) is 1. The summed E-state index contributed by atoms with van der Waals surface area (Å²) in [5.41, 5.74) is -0.681. The van der Waals surface area contributed by atoms with E-state index in [9.17, 15) is 18.7 Å². The van der Waals surface area contributed by atoms with Gasteiger partial charge in [0.2, 0.25) is 5.95 Å². The third kappa shape index (κ3) is 5.47. The van der Waals surface area contributed by atoms with Crippen LogP contribution in [0.25, 0.3) is 0 Å². The summed E-state index contributed by atoms with van der Waals surface area (Å²) in [6.45, 7) is 5.02. The highest BCUT2D eigenvalue weighted by Crippen LogP contribution is 2.32. The lowest BCUT2D eigenvalue weighted by Crippen LogP contribution is -2.37. The summed E-state index contributed by atoms with van der Waals surface area (Å²) < 4.78 is 33.4. The van der Waals surface area contributed by atoms with Crippen LogP contribution in [0.4, 0.5) is 13.6 Å². The molecule has 1 aromatic carbocycles. The van der Waals surface area contributed by atoms with Crippen LogP contribution in [0.15, 0.2) is 41.0 Å².